The van der Waals surface area contributed by atoms with Crippen molar-refractivity contribution in [2.75, 3.05) is 7.05 Å². The zero-order chi connectivity index (χ0) is 18.9. The Labute approximate surface area is 138 Å². The second-order valence-corrected chi connectivity index (χ2v) is 6.36. The van der Waals surface area contributed by atoms with Crippen LogP contribution in [0.15, 0.2) is 18.2 Å². The minimum Gasteiger partial charge on any atom is -0.465 e. The first-order valence-electron chi connectivity index (χ1n) is 7.26. The maximum absolute atomic E-state index is 14.6. The molecule has 1 rings (SSSR count). The summed E-state index contributed by atoms with van der Waals surface area (Å²) in [5.41, 5.74) is -2.20. The lowest BCUT2D eigenvalue weighted by Gasteiger charge is -2.38. The molecular weight excluding hydrogens is 325 g/mol. The molecule has 1 aromatic carbocycles. The minimum atomic E-state index is -4.07. The summed E-state index contributed by atoms with van der Waals surface area (Å²) in [4.78, 5) is 23.8. The van der Waals surface area contributed by atoms with Crippen molar-refractivity contribution in [1.82, 2.24) is 10.2 Å². The van der Waals surface area contributed by atoms with Crippen molar-refractivity contribution >= 4 is 12.0 Å². The molecule has 0 aliphatic heterocycles. The summed E-state index contributed by atoms with van der Waals surface area (Å²) < 4.78 is 42.8. The van der Waals surface area contributed by atoms with Gasteiger partial charge in [0.2, 0.25) is 0 Å². The number of alkyl halides is 2. The van der Waals surface area contributed by atoms with Gasteiger partial charge in [-0.25, -0.2) is 9.18 Å². The van der Waals surface area contributed by atoms with Crippen LogP contribution >= 0.6 is 0 Å². The number of carboxylic acid groups (broad SMARTS) is 1. The summed E-state index contributed by atoms with van der Waals surface area (Å²) in [6.45, 7) is 6.23. The Morgan fingerprint density at radius 2 is 1.79 bits per heavy atom. The molecule has 8 heteroatoms. The minimum absolute atomic E-state index is 0.228. The van der Waals surface area contributed by atoms with Crippen molar-refractivity contribution in [3.05, 3.63) is 35.1 Å². The van der Waals surface area contributed by atoms with E-state index in [0.29, 0.717) is 0 Å². The van der Waals surface area contributed by atoms with Crippen LogP contribution in [-0.4, -0.2) is 34.6 Å². The van der Waals surface area contributed by atoms with E-state index in [0.717, 1.165) is 18.0 Å². The van der Waals surface area contributed by atoms with E-state index in [9.17, 15) is 27.9 Å². The van der Waals surface area contributed by atoms with E-state index in [4.69, 9.17) is 0 Å². The first-order valence-corrected chi connectivity index (χ1v) is 7.26. The first kappa shape index (κ1) is 19.8. The van der Waals surface area contributed by atoms with Crippen LogP contribution in [0.1, 0.15) is 44.9 Å². The lowest BCUT2D eigenvalue weighted by Crippen LogP contribution is -2.46. The predicted octanol–water partition coefficient (Wildman–Crippen LogP) is 3.50. The van der Waals surface area contributed by atoms with Gasteiger partial charge in [-0.3, -0.25) is 9.69 Å². The summed E-state index contributed by atoms with van der Waals surface area (Å²) in [7, 11) is 1.02. The molecule has 5 nitrogen and oxygen atoms in total. The maximum atomic E-state index is 14.6. The second-order valence-electron chi connectivity index (χ2n) is 6.36. The number of likely N-dealkylation sites (N-methyl/N-ethyl adjacent to an activating group) is 1. The molecule has 0 heterocycles. The molecule has 1 aromatic rings. The molecule has 0 saturated carbocycles. The molecule has 0 aliphatic rings. The largest absolute Gasteiger partial charge is 0.465 e. The normalized spacial score (nSPS) is 13.3. The fraction of sp³-hybridized carbons (Fsp3) is 0.500. The van der Waals surface area contributed by atoms with Crippen molar-refractivity contribution in [2.45, 2.75) is 45.2 Å². The number of nitrogens with one attached hydrogen (secondary N) is 1. The average molecular weight is 346 g/mol. The van der Waals surface area contributed by atoms with Crippen molar-refractivity contribution in [2.24, 2.45) is 0 Å². The Balaban J connectivity index is 3.45. The van der Waals surface area contributed by atoms with E-state index in [2.05, 4.69) is 0 Å². The van der Waals surface area contributed by atoms with Gasteiger partial charge in [-0.05, 0) is 33.8 Å². The van der Waals surface area contributed by atoms with Crippen molar-refractivity contribution in [1.29, 1.82) is 0 Å². The highest BCUT2D eigenvalue weighted by Crippen LogP contribution is 2.36. The number of amides is 2. The van der Waals surface area contributed by atoms with Gasteiger partial charge in [0.05, 0.1) is 11.6 Å². The van der Waals surface area contributed by atoms with Crippen molar-refractivity contribution in [3.63, 3.8) is 0 Å². The van der Waals surface area contributed by atoms with E-state index in [1.165, 1.54) is 19.1 Å². The highest BCUT2D eigenvalue weighted by molar-refractivity contribution is 5.84. The third kappa shape index (κ3) is 3.63. The molecule has 24 heavy (non-hydrogen) atoms. The lowest BCUT2D eigenvalue weighted by molar-refractivity contribution is -0.146. The molecule has 0 aliphatic carbocycles. The fourth-order valence-electron chi connectivity index (χ4n) is 2.57. The molecule has 0 saturated heterocycles. The fourth-order valence-corrected chi connectivity index (χ4v) is 2.57. The molecule has 2 amide bonds. The number of hydrogen-bond acceptors (Lipinski definition) is 2. The van der Waals surface area contributed by atoms with Crippen LogP contribution in [0.2, 0.25) is 0 Å². The topological polar surface area (TPSA) is 69.6 Å². The Hall–Kier alpha value is -2.25. The molecule has 2 N–H and O–H groups in total. The summed E-state index contributed by atoms with van der Waals surface area (Å²) >= 11 is 0. The van der Waals surface area contributed by atoms with Gasteiger partial charge in [0.25, 0.3) is 5.91 Å². The lowest BCUT2D eigenvalue weighted by atomic mass is 9.96. The first-order chi connectivity index (χ1) is 10.9. The van der Waals surface area contributed by atoms with Gasteiger partial charge in [-0.1, -0.05) is 12.1 Å². The number of benzene rings is 1. The number of rotatable bonds is 4. The number of nitrogens with zero attached hydrogens (tertiary/aromatic N) is 1. The summed E-state index contributed by atoms with van der Waals surface area (Å²) in [5.74, 6) is -7.00. The second kappa shape index (κ2) is 6.70. The molecule has 0 spiro atoms. The summed E-state index contributed by atoms with van der Waals surface area (Å²) in [6.07, 6.45) is -1.31. The zero-order valence-corrected chi connectivity index (χ0v) is 14.2. The van der Waals surface area contributed by atoms with Crippen LogP contribution in [0.3, 0.4) is 0 Å². The summed E-state index contributed by atoms with van der Waals surface area (Å²) in [5, 5.41) is 11.2. The van der Waals surface area contributed by atoms with Gasteiger partial charge in [-0.2, -0.15) is 8.78 Å². The highest BCUT2D eigenvalue weighted by atomic mass is 19.3. The van der Waals surface area contributed by atoms with Gasteiger partial charge in [-0.15, -0.1) is 0 Å². The Kier molecular flexibility index (Phi) is 5.53. The molecule has 1 atom stereocenters. The SMILES string of the molecule is CNC(=O)C(F)(F)c1cccc(C(C)N(C(=O)O)C(C)(C)C)c1F. The molecule has 0 radical (unpaired) electrons. The van der Waals surface area contributed by atoms with E-state index < -0.39 is 40.9 Å². The highest BCUT2D eigenvalue weighted by Gasteiger charge is 2.44. The van der Waals surface area contributed by atoms with E-state index in [1.807, 2.05) is 0 Å². The molecule has 0 bridgehead atoms. The Morgan fingerprint density at radius 1 is 1.25 bits per heavy atom. The number of halogens is 3. The Bertz CT molecular complexity index is 642. The number of carbonyl (C=O) groups excluding carboxylic acids is 1. The smallest absolute Gasteiger partial charge is 0.408 e. The van der Waals surface area contributed by atoms with Crippen LogP contribution in [0, 0.1) is 5.82 Å². The third-order valence-electron chi connectivity index (χ3n) is 3.65. The van der Waals surface area contributed by atoms with Gasteiger partial charge in [0.1, 0.15) is 5.82 Å². The zero-order valence-electron chi connectivity index (χ0n) is 14.2. The number of hydrogen-bond donors (Lipinski definition) is 2. The molecular formula is C16H21F3N2O3. The van der Waals surface area contributed by atoms with Gasteiger partial charge < -0.3 is 10.4 Å². The van der Waals surface area contributed by atoms with Crippen LogP contribution < -0.4 is 5.32 Å². The van der Waals surface area contributed by atoms with Gasteiger partial charge in [0, 0.05) is 18.2 Å². The van der Waals surface area contributed by atoms with Crippen LogP contribution in [0.4, 0.5) is 18.0 Å². The summed E-state index contributed by atoms with van der Waals surface area (Å²) in [6, 6.07) is 2.18. The molecule has 134 valence electrons. The molecule has 0 aromatic heterocycles. The third-order valence-corrected chi connectivity index (χ3v) is 3.65. The molecule has 1 unspecified atom stereocenters. The van der Waals surface area contributed by atoms with Gasteiger partial charge >= 0.3 is 12.0 Å². The molecule has 0 fully saturated rings. The van der Waals surface area contributed by atoms with E-state index >= 15 is 0 Å². The van der Waals surface area contributed by atoms with Crippen molar-refractivity contribution < 1.29 is 27.9 Å². The Morgan fingerprint density at radius 3 is 2.21 bits per heavy atom. The standard InChI is InChI=1S/C16H21F3N2O3/c1-9(21(14(23)24)15(2,3)4)10-7-6-8-11(12(10)17)16(18,19)13(22)20-5/h6-9H,1-5H3,(H,20,22)(H,23,24). The maximum Gasteiger partial charge on any atom is 0.408 e. The van der Waals surface area contributed by atoms with E-state index in [1.54, 1.807) is 26.1 Å². The quantitative estimate of drug-likeness (QED) is 0.877. The van der Waals surface area contributed by atoms with Crippen LogP contribution in [0.5, 0.6) is 0 Å². The average Bonchev–Trinajstić information content (AvgIpc) is 2.44. The van der Waals surface area contributed by atoms with Crippen LogP contribution in [-0.2, 0) is 10.7 Å². The van der Waals surface area contributed by atoms with Crippen LogP contribution in [0.25, 0.3) is 0 Å². The predicted molar refractivity (Wildman–Crippen MR) is 82.4 cm³/mol. The van der Waals surface area contributed by atoms with E-state index in [-0.39, 0.29) is 5.56 Å². The van der Waals surface area contributed by atoms with Crippen molar-refractivity contribution in [3.8, 4) is 0 Å². The number of carbonyl (C=O) groups is 2. The van der Waals surface area contributed by atoms with Gasteiger partial charge in [0.15, 0.2) is 0 Å². The monoisotopic (exact) mass is 346 g/mol.